The summed E-state index contributed by atoms with van der Waals surface area (Å²) in [4.78, 5) is 0. The standard InChI is InChI=1S/C13H17NO4S/c1-2-19(15,16)13-9(6-14)12(13)8-3-4-10-11(5-8)18-7-17-10/h3-5,9,12-13H,2,6-7,14H2,1H3/t9-,12+,13+/m0/s1. The Hall–Kier alpha value is -1.27. The number of hydrogen-bond acceptors (Lipinski definition) is 5. The Morgan fingerprint density at radius 2 is 2.05 bits per heavy atom. The Bertz CT molecular complexity index is 599. The highest BCUT2D eigenvalue weighted by Gasteiger charge is 2.57. The Labute approximate surface area is 112 Å². The summed E-state index contributed by atoms with van der Waals surface area (Å²) in [6.07, 6.45) is 0. The molecule has 5 nitrogen and oxygen atoms in total. The molecule has 0 spiro atoms. The molecular formula is C13H17NO4S. The fourth-order valence-corrected chi connectivity index (χ4v) is 4.78. The van der Waals surface area contributed by atoms with Crippen molar-refractivity contribution >= 4 is 9.84 Å². The van der Waals surface area contributed by atoms with Gasteiger partial charge in [0.25, 0.3) is 0 Å². The summed E-state index contributed by atoms with van der Waals surface area (Å²) >= 11 is 0. The minimum absolute atomic E-state index is 0.00977. The molecule has 19 heavy (non-hydrogen) atoms. The number of benzene rings is 1. The molecule has 0 aromatic heterocycles. The molecule has 1 fully saturated rings. The predicted octanol–water partition coefficient (Wildman–Crippen LogP) is 0.891. The number of fused-ring (bicyclic) bond motifs is 1. The van der Waals surface area contributed by atoms with E-state index in [1.54, 1.807) is 6.92 Å². The quantitative estimate of drug-likeness (QED) is 0.888. The zero-order valence-corrected chi connectivity index (χ0v) is 11.5. The number of nitrogens with two attached hydrogens (primary N) is 1. The van der Waals surface area contributed by atoms with Crippen molar-refractivity contribution in [2.24, 2.45) is 11.7 Å². The van der Waals surface area contributed by atoms with Crippen LogP contribution in [0.1, 0.15) is 18.4 Å². The Morgan fingerprint density at radius 3 is 2.74 bits per heavy atom. The summed E-state index contributed by atoms with van der Waals surface area (Å²) in [6, 6.07) is 5.62. The van der Waals surface area contributed by atoms with Crippen molar-refractivity contribution in [3.05, 3.63) is 23.8 Å². The van der Waals surface area contributed by atoms with E-state index in [1.807, 2.05) is 18.2 Å². The van der Waals surface area contributed by atoms with E-state index in [0.29, 0.717) is 18.0 Å². The lowest BCUT2D eigenvalue weighted by molar-refractivity contribution is 0.174. The highest BCUT2D eigenvalue weighted by Crippen LogP contribution is 2.53. The monoisotopic (exact) mass is 283 g/mol. The van der Waals surface area contributed by atoms with Crippen molar-refractivity contribution in [3.63, 3.8) is 0 Å². The molecule has 1 aliphatic carbocycles. The SMILES string of the molecule is CCS(=O)(=O)[C@@H]1[C@@H](CN)[C@H]1c1ccc2c(c1)OCO2. The topological polar surface area (TPSA) is 78.6 Å². The third-order valence-electron chi connectivity index (χ3n) is 3.97. The van der Waals surface area contributed by atoms with E-state index in [9.17, 15) is 8.42 Å². The van der Waals surface area contributed by atoms with Crippen LogP contribution in [0, 0.1) is 5.92 Å². The molecule has 1 aliphatic heterocycles. The summed E-state index contributed by atoms with van der Waals surface area (Å²) in [6.45, 7) is 2.29. The molecule has 2 N–H and O–H groups in total. The number of rotatable bonds is 4. The normalized spacial score (nSPS) is 28.4. The number of ether oxygens (including phenoxy) is 2. The Kier molecular flexibility index (Phi) is 2.94. The van der Waals surface area contributed by atoms with Gasteiger partial charge in [0, 0.05) is 11.7 Å². The summed E-state index contributed by atoms with van der Waals surface area (Å²) in [5.41, 5.74) is 6.67. The van der Waals surface area contributed by atoms with Gasteiger partial charge in [-0.3, -0.25) is 0 Å². The van der Waals surface area contributed by atoms with E-state index in [2.05, 4.69) is 0 Å². The van der Waals surface area contributed by atoms with Crippen LogP contribution >= 0.6 is 0 Å². The molecule has 1 aromatic carbocycles. The van der Waals surface area contributed by atoms with Gasteiger partial charge in [0.05, 0.1) is 5.25 Å². The molecule has 0 saturated heterocycles. The first kappa shape index (κ1) is 12.7. The van der Waals surface area contributed by atoms with Crippen molar-refractivity contribution in [2.45, 2.75) is 18.1 Å². The number of hydrogen-bond donors (Lipinski definition) is 1. The van der Waals surface area contributed by atoms with E-state index in [1.165, 1.54) is 0 Å². The average Bonchev–Trinajstić information content (AvgIpc) is 2.99. The molecule has 1 saturated carbocycles. The van der Waals surface area contributed by atoms with Crippen LogP contribution in [0.25, 0.3) is 0 Å². The van der Waals surface area contributed by atoms with E-state index in [4.69, 9.17) is 15.2 Å². The van der Waals surface area contributed by atoms with Gasteiger partial charge in [0.15, 0.2) is 21.3 Å². The fraction of sp³-hybridized carbons (Fsp3) is 0.538. The van der Waals surface area contributed by atoms with Gasteiger partial charge in [0.1, 0.15) is 0 Å². The van der Waals surface area contributed by atoms with Crippen molar-refractivity contribution in [1.29, 1.82) is 0 Å². The van der Waals surface area contributed by atoms with Crippen LogP contribution in [0.3, 0.4) is 0 Å². The molecule has 1 heterocycles. The van der Waals surface area contributed by atoms with E-state index < -0.39 is 9.84 Å². The van der Waals surface area contributed by atoms with Crippen LogP contribution in [-0.4, -0.2) is 32.8 Å². The fourth-order valence-electron chi connectivity index (χ4n) is 2.86. The van der Waals surface area contributed by atoms with Crippen molar-refractivity contribution in [1.82, 2.24) is 0 Å². The maximum atomic E-state index is 12.0. The Balaban J connectivity index is 1.91. The summed E-state index contributed by atoms with van der Waals surface area (Å²) < 4.78 is 34.7. The third-order valence-corrected chi connectivity index (χ3v) is 6.24. The maximum absolute atomic E-state index is 12.0. The molecule has 3 atom stereocenters. The first-order valence-corrected chi connectivity index (χ1v) is 8.11. The van der Waals surface area contributed by atoms with Gasteiger partial charge in [-0.2, -0.15) is 0 Å². The molecular weight excluding hydrogens is 266 g/mol. The molecule has 0 unspecified atom stereocenters. The maximum Gasteiger partial charge on any atom is 0.231 e. The highest BCUT2D eigenvalue weighted by molar-refractivity contribution is 7.92. The van der Waals surface area contributed by atoms with Gasteiger partial charge in [-0.15, -0.1) is 0 Å². The Morgan fingerprint density at radius 1 is 1.32 bits per heavy atom. The lowest BCUT2D eigenvalue weighted by atomic mass is 10.1. The lowest BCUT2D eigenvalue weighted by Crippen LogP contribution is -2.15. The second-order valence-electron chi connectivity index (χ2n) is 4.95. The average molecular weight is 283 g/mol. The molecule has 104 valence electrons. The molecule has 2 aliphatic rings. The zero-order chi connectivity index (χ0) is 13.6. The molecule has 6 heteroatoms. The summed E-state index contributed by atoms with van der Waals surface area (Å²) in [5.74, 6) is 1.57. The smallest absolute Gasteiger partial charge is 0.231 e. The predicted molar refractivity (Wildman–Crippen MR) is 71.1 cm³/mol. The summed E-state index contributed by atoms with van der Waals surface area (Å²) in [5, 5.41) is -0.345. The minimum atomic E-state index is -3.05. The number of sulfone groups is 1. The van der Waals surface area contributed by atoms with Crippen LogP contribution in [0.5, 0.6) is 11.5 Å². The summed E-state index contributed by atoms with van der Waals surface area (Å²) in [7, 11) is -3.05. The van der Waals surface area contributed by atoms with Crippen LogP contribution in [0.15, 0.2) is 18.2 Å². The molecule has 0 amide bonds. The van der Waals surface area contributed by atoms with Gasteiger partial charge in [-0.05, 0) is 30.2 Å². The van der Waals surface area contributed by atoms with Gasteiger partial charge in [-0.25, -0.2) is 8.42 Å². The second-order valence-corrected chi connectivity index (χ2v) is 7.40. The van der Waals surface area contributed by atoms with Crippen LogP contribution in [-0.2, 0) is 9.84 Å². The first-order chi connectivity index (χ1) is 9.08. The third kappa shape index (κ3) is 1.99. The molecule has 0 bridgehead atoms. The van der Waals surface area contributed by atoms with E-state index in [-0.39, 0.29) is 29.6 Å². The van der Waals surface area contributed by atoms with E-state index >= 15 is 0 Å². The van der Waals surface area contributed by atoms with Gasteiger partial charge < -0.3 is 15.2 Å². The van der Waals surface area contributed by atoms with Crippen molar-refractivity contribution in [3.8, 4) is 11.5 Å². The van der Waals surface area contributed by atoms with Crippen LogP contribution in [0.2, 0.25) is 0 Å². The van der Waals surface area contributed by atoms with E-state index in [0.717, 1.165) is 5.56 Å². The molecule has 1 aromatic rings. The van der Waals surface area contributed by atoms with Crippen LogP contribution < -0.4 is 15.2 Å². The first-order valence-electron chi connectivity index (χ1n) is 6.39. The highest BCUT2D eigenvalue weighted by atomic mass is 32.2. The van der Waals surface area contributed by atoms with Gasteiger partial charge in [0.2, 0.25) is 6.79 Å². The van der Waals surface area contributed by atoms with Crippen LogP contribution in [0.4, 0.5) is 0 Å². The van der Waals surface area contributed by atoms with Crippen molar-refractivity contribution < 1.29 is 17.9 Å². The lowest BCUT2D eigenvalue weighted by Gasteiger charge is -2.02. The van der Waals surface area contributed by atoms with Gasteiger partial charge in [-0.1, -0.05) is 13.0 Å². The zero-order valence-electron chi connectivity index (χ0n) is 10.7. The molecule has 3 rings (SSSR count). The minimum Gasteiger partial charge on any atom is -0.454 e. The van der Waals surface area contributed by atoms with Gasteiger partial charge >= 0.3 is 0 Å². The molecule has 0 radical (unpaired) electrons. The van der Waals surface area contributed by atoms with Crippen molar-refractivity contribution in [2.75, 3.05) is 19.1 Å². The largest absolute Gasteiger partial charge is 0.454 e. The second kappa shape index (κ2) is 4.38.